The molecule has 0 aromatic heterocycles. The minimum atomic E-state index is 0.135. The van der Waals surface area contributed by atoms with Crippen molar-refractivity contribution in [1.82, 2.24) is 14.7 Å². The molecule has 33 heavy (non-hydrogen) atoms. The van der Waals surface area contributed by atoms with Gasteiger partial charge in [0.15, 0.2) is 11.5 Å². The number of carbonyl (C=O) groups excluding carboxylic acids is 1. The average molecular weight is 456 g/mol. The Morgan fingerprint density at radius 1 is 1.06 bits per heavy atom. The Morgan fingerprint density at radius 3 is 2.64 bits per heavy atom. The van der Waals surface area contributed by atoms with Crippen LogP contribution in [0.1, 0.15) is 18.1 Å². The van der Waals surface area contributed by atoms with Gasteiger partial charge in [-0.05, 0) is 44.8 Å². The van der Waals surface area contributed by atoms with E-state index in [1.807, 2.05) is 62.3 Å². The first-order valence-corrected chi connectivity index (χ1v) is 11.7. The molecule has 0 unspecified atom stereocenters. The third-order valence-corrected chi connectivity index (χ3v) is 5.83. The molecule has 0 aliphatic carbocycles. The number of nitrogens with zero attached hydrogens (tertiary/aromatic N) is 3. The molecular weight excluding hydrogens is 418 g/mol. The largest absolute Gasteiger partial charge is 0.493 e. The van der Waals surface area contributed by atoms with Gasteiger partial charge < -0.3 is 24.0 Å². The number of hydrogen-bond donors (Lipinski definition) is 0. The predicted molar refractivity (Wildman–Crippen MR) is 130 cm³/mol. The molecule has 7 nitrogen and oxygen atoms in total. The maximum absolute atomic E-state index is 12.9. The summed E-state index contributed by atoms with van der Waals surface area (Å²) in [6.45, 7) is 7.73. The minimum Gasteiger partial charge on any atom is -0.493 e. The quantitative estimate of drug-likeness (QED) is 0.610. The molecule has 1 aliphatic rings. The molecule has 3 rings (SSSR count). The van der Waals surface area contributed by atoms with E-state index in [0.29, 0.717) is 32.7 Å². The summed E-state index contributed by atoms with van der Waals surface area (Å²) in [5.74, 6) is 2.42. The molecule has 1 aliphatic heterocycles. The zero-order valence-corrected chi connectivity index (χ0v) is 20.4. The number of likely N-dealkylation sites (N-methyl/N-ethyl adjacent to an activating group) is 2. The number of rotatable bonds is 8. The number of amides is 1. The summed E-state index contributed by atoms with van der Waals surface area (Å²) in [6.07, 6.45) is 0.372. The number of para-hydroxylation sites is 1. The second-order valence-corrected chi connectivity index (χ2v) is 8.52. The molecule has 0 bridgehead atoms. The summed E-state index contributed by atoms with van der Waals surface area (Å²) in [5, 5.41) is 0. The van der Waals surface area contributed by atoms with Crippen molar-refractivity contribution in [3.8, 4) is 17.2 Å². The summed E-state index contributed by atoms with van der Waals surface area (Å²) < 4.78 is 17.5. The van der Waals surface area contributed by atoms with Crippen molar-refractivity contribution in [1.29, 1.82) is 0 Å². The summed E-state index contributed by atoms with van der Waals surface area (Å²) in [4.78, 5) is 19.2. The smallest absolute Gasteiger partial charge is 0.227 e. The highest BCUT2D eigenvalue weighted by Crippen LogP contribution is 2.28. The number of fused-ring (bicyclic) bond motifs is 1. The Bertz CT molecular complexity index is 903. The highest BCUT2D eigenvalue weighted by molar-refractivity contribution is 5.79. The number of hydrogen-bond acceptors (Lipinski definition) is 6. The molecule has 0 atom stereocenters. The van der Waals surface area contributed by atoms with Crippen molar-refractivity contribution in [2.75, 3.05) is 67.1 Å². The first-order valence-electron chi connectivity index (χ1n) is 11.7. The van der Waals surface area contributed by atoms with Gasteiger partial charge in [-0.3, -0.25) is 9.69 Å². The van der Waals surface area contributed by atoms with Crippen LogP contribution >= 0.6 is 0 Å². The van der Waals surface area contributed by atoms with Crippen LogP contribution in [-0.2, 0) is 17.8 Å². The van der Waals surface area contributed by atoms with Gasteiger partial charge in [0.25, 0.3) is 0 Å². The van der Waals surface area contributed by atoms with Gasteiger partial charge >= 0.3 is 0 Å². The van der Waals surface area contributed by atoms with Crippen molar-refractivity contribution in [2.24, 2.45) is 0 Å². The molecule has 1 amide bonds. The second-order valence-electron chi connectivity index (χ2n) is 8.52. The molecule has 2 aromatic rings. The standard InChI is InChI=1S/C26H37N3O4/c1-5-29-13-12-28(15-17-32-23-9-7-6-8-22(23)19-26(29)30)20-21-10-11-24(25(18-21)31-4)33-16-14-27(2)3/h6-11,18H,5,12-17,19-20H2,1-4H3. The van der Waals surface area contributed by atoms with Crippen LogP contribution in [0.5, 0.6) is 17.2 Å². The van der Waals surface area contributed by atoms with Crippen molar-refractivity contribution < 1.29 is 19.0 Å². The number of ether oxygens (including phenoxy) is 3. The van der Waals surface area contributed by atoms with Crippen LogP contribution in [0.3, 0.4) is 0 Å². The van der Waals surface area contributed by atoms with E-state index in [9.17, 15) is 4.79 Å². The van der Waals surface area contributed by atoms with Crippen LogP contribution in [0.4, 0.5) is 0 Å². The molecule has 0 fully saturated rings. The summed E-state index contributed by atoms with van der Waals surface area (Å²) >= 11 is 0. The fourth-order valence-electron chi connectivity index (χ4n) is 3.87. The molecule has 0 saturated carbocycles. The zero-order chi connectivity index (χ0) is 23.6. The highest BCUT2D eigenvalue weighted by Gasteiger charge is 2.18. The lowest BCUT2D eigenvalue weighted by molar-refractivity contribution is -0.130. The molecule has 180 valence electrons. The third kappa shape index (κ3) is 7.37. The van der Waals surface area contributed by atoms with Crippen molar-refractivity contribution >= 4 is 5.91 Å². The van der Waals surface area contributed by atoms with E-state index >= 15 is 0 Å². The molecule has 7 heteroatoms. The molecule has 1 heterocycles. The van der Waals surface area contributed by atoms with Crippen LogP contribution in [0, 0.1) is 0 Å². The van der Waals surface area contributed by atoms with E-state index in [1.165, 1.54) is 0 Å². The van der Waals surface area contributed by atoms with Gasteiger partial charge in [0.2, 0.25) is 5.91 Å². The first kappa shape index (κ1) is 24.9. The van der Waals surface area contributed by atoms with Crippen LogP contribution in [0.2, 0.25) is 0 Å². The maximum atomic E-state index is 12.9. The Labute approximate surface area is 197 Å². The van der Waals surface area contributed by atoms with E-state index in [1.54, 1.807) is 7.11 Å². The normalized spacial score (nSPS) is 15.5. The number of benzene rings is 2. The van der Waals surface area contributed by atoms with E-state index in [-0.39, 0.29) is 5.91 Å². The van der Waals surface area contributed by atoms with Gasteiger partial charge in [-0.1, -0.05) is 24.3 Å². The van der Waals surface area contributed by atoms with Crippen LogP contribution in [0.25, 0.3) is 0 Å². The fourth-order valence-corrected chi connectivity index (χ4v) is 3.87. The van der Waals surface area contributed by atoms with Crippen molar-refractivity contribution in [2.45, 2.75) is 19.9 Å². The molecule has 2 aromatic carbocycles. The van der Waals surface area contributed by atoms with Gasteiger partial charge in [0, 0.05) is 44.8 Å². The van der Waals surface area contributed by atoms with Gasteiger partial charge in [0.05, 0.1) is 13.5 Å². The molecule has 0 radical (unpaired) electrons. The van der Waals surface area contributed by atoms with Crippen LogP contribution < -0.4 is 14.2 Å². The lowest BCUT2D eigenvalue weighted by atomic mass is 10.1. The maximum Gasteiger partial charge on any atom is 0.227 e. The lowest BCUT2D eigenvalue weighted by Gasteiger charge is -2.27. The van der Waals surface area contributed by atoms with Crippen LogP contribution in [0.15, 0.2) is 42.5 Å². The average Bonchev–Trinajstić information content (AvgIpc) is 2.83. The van der Waals surface area contributed by atoms with Gasteiger partial charge in [-0.15, -0.1) is 0 Å². The zero-order valence-electron chi connectivity index (χ0n) is 20.4. The number of methoxy groups -OCH3 is 1. The summed E-state index contributed by atoms with van der Waals surface area (Å²) in [7, 11) is 5.71. The van der Waals surface area contributed by atoms with Gasteiger partial charge in [-0.2, -0.15) is 0 Å². The SMILES string of the molecule is CCN1CCN(Cc2ccc(OCCN(C)C)c(OC)c2)CCOc2ccccc2CC1=O. The molecule has 0 spiro atoms. The Hall–Kier alpha value is -2.77. The topological polar surface area (TPSA) is 54.5 Å². The van der Waals surface area contributed by atoms with Crippen molar-refractivity contribution in [3.05, 3.63) is 53.6 Å². The highest BCUT2D eigenvalue weighted by atomic mass is 16.5. The van der Waals surface area contributed by atoms with Gasteiger partial charge in [0.1, 0.15) is 19.0 Å². The Morgan fingerprint density at radius 2 is 1.88 bits per heavy atom. The Balaban J connectivity index is 1.71. The van der Waals surface area contributed by atoms with E-state index in [2.05, 4.69) is 15.9 Å². The van der Waals surface area contributed by atoms with E-state index in [0.717, 1.165) is 54.6 Å². The molecular formula is C26H37N3O4. The monoisotopic (exact) mass is 455 g/mol. The molecule has 0 N–H and O–H groups in total. The first-order chi connectivity index (χ1) is 16.0. The van der Waals surface area contributed by atoms with Crippen LogP contribution in [-0.4, -0.2) is 87.7 Å². The lowest BCUT2D eigenvalue weighted by Crippen LogP contribution is -2.39. The van der Waals surface area contributed by atoms with E-state index in [4.69, 9.17) is 14.2 Å². The Kier molecular flexibility index (Phi) is 9.39. The summed E-state index contributed by atoms with van der Waals surface area (Å²) in [5.41, 5.74) is 2.08. The van der Waals surface area contributed by atoms with Gasteiger partial charge in [-0.25, -0.2) is 0 Å². The second kappa shape index (κ2) is 12.5. The fraction of sp³-hybridized carbons (Fsp3) is 0.500. The number of carbonyl (C=O) groups is 1. The minimum absolute atomic E-state index is 0.135. The van der Waals surface area contributed by atoms with Crippen molar-refractivity contribution in [3.63, 3.8) is 0 Å². The molecule has 0 saturated heterocycles. The predicted octanol–water partition coefficient (Wildman–Crippen LogP) is 2.92. The third-order valence-electron chi connectivity index (χ3n) is 5.83. The summed E-state index contributed by atoms with van der Waals surface area (Å²) in [6, 6.07) is 13.9. The van der Waals surface area contributed by atoms with E-state index < -0.39 is 0 Å².